The number of alkyl halides is 3. The average molecular weight is 305 g/mol. The van der Waals surface area contributed by atoms with Gasteiger partial charge in [-0.25, -0.2) is 0 Å². The molecule has 0 aliphatic carbocycles. The van der Waals surface area contributed by atoms with Gasteiger partial charge < -0.3 is 0 Å². The van der Waals surface area contributed by atoms with Gasteiger partial charge in [-0.3, -0.25) is 9.20 Å². The number of halogens is 3. The average Bonchev–Trinajstić information content (AvgIpc) is 2.89. The Balaban J connectivity index is 2.06. The predicted molar refractivity (Wildman–Crippen MR) is 72.6 cm³/mol. The van der Waals surface area contributed by atoms with E-state index in [1.165, 1.54) is 22.7 Å². The smallest absolute Gasteiger partial charge is 0.298 e. The maximum absolute atomic E-state index is 13.0. The van der Waals surface area contributed by atoms with Gasteiger partial charge in [-0.2, -0.15) is 13.2 Å². The molecule has 0 radical (unpaired) electrons. The van der Waals surface area contributed by atoms with Gasteiger partial charge in [-0.05, 0) is 23.8 Å². The maximum Gasteiger partial charge on any atom is 0.416 e. The lowest BCUT2D eigenvalue weighted by Crippen LogP contribution is -2.10. The minimum atomic E-state index is -4.43. The number of aromatic nitrogens is 3. The quantitative estimate of drug-likeness (QED) is 0.698. The highest BCUT2D eigenvalue weighted by molar-refractivity contribution is 5.74. The zero-order valence-electron chi connectivity index (χ0n) is 11.2. The van der Waals surface area contributed by atoms with Gasteiger partial charge in [0.2, 0.25) is 0 Å². The zero-order chi connectivity index (χ0) is 15.7. The normalized spacial score (nSPS) is 11.8. The zero-order valence-corrected chi connectivity index (χ0v) is 11.2. The fraction of sp³-hybridized carbons (Fsp3) is 0.133. The maximum atomic E-state index is 13.0. The van der Waals surface area contributed by atoms with Crippen LogP contribution in [0.25, 0.3) is 5.65 Å². The molecule has 0 fully saturated rings. The van der Waals surface area contributed by atoms with Crippen LogP contribution >= 0.6 is 0 Å². The number of benzene rings is 1. The van der Waals surface area contributed by atoms with Crippen LogP contribution in [0.15, 0.2) is 42.6 Å². The van der Waals surface area contributed by atoms with Gasteiger partial charge >= 0.3 is 6.18 Å². The lowest BCUT2D eigenvalue weighted by atomic mass is 10.0. The second-order valence-electron chi connectivity index (χ2n) is 4.76. The summed E-state index contributed by atoms with van der Waals surface area (Å²) in [5.74, 6) is 0.343. The number of hydrogen-bond donors (Lipinski definition) is 0. The van der Waals surface area contributed by atoms with Crippen LogP contribution in [-0.4, -0.2) is 20.9 Å². The summed E-state index contributed by atoms with van der Waals surface area (Å²) >= 11 is 0. The number of rotatable bonds is 3. The molecule has 0 N–H and O–H groups in total. The third-order valence-corrected chi connectivity index (χ3v) is 3.30. The first-order valence-corrected chi connectivity index (χ1v) is 6.43. The molecule has 0 spiro atoms. The van der Waals surface area contributed by atoms with Gasteiger partial charge in [-0.15, -0.1) is 10.2 Å². The highest BCUT2D eigenvalue weighted by atomic mass is 19.4. The summed E-state index contributed by atoms with van der Waals surface area (Å²) in [5.41, 5.74) is 0.293. The van der Waals surface area contributed by atoms with E-state index in [1.807, 2.05) is 0 Å². The molecule has 0 amide bonds. The molecule has 7 heteroatoms. The molecule has 22 heavy (non-hydrogen) atoms. The predicted octanol–water partition coefficient (Wildman–Crippen LogP) is 3.15. The van der Waals surface area contributed by atoms with Gasteiger partial charge in [0.25, 0.3) is 0 Å². The van der Waals surface area contributed by atoms with Crippen LogP contribution in [0.3, 0.4) is 0 Å². The van der Waals surface area contributed by atoms with Crippen molar-refractivity contribution >= 4 is 11.9 Å². The van der Waals surface area contributed by atoms with E-state index in [4.69, 9.17) is 0 Å². The SMILES string of the molecule is O=Cc1ccc2nnc(Cc3ccccc3C(F)(F)F)n2c1. The van der Waals surface area contributed by atoms with Crippen LogP contribution < -0.4 is 0 Å². The molecule has 3 rings (SSSR count). The van der Waals surface area contributed by atoms with Crippen LogP contribution in [0, 0.1) is 0 Å². The van der Waals surface area contributed by atoms with Crippen molar-refractivity contribution in [3.8, 4) is 0 Å². The first-order chi connectivity index (χ1) is 10.5. The second kappa shape index (κ2) is 5.25. The van der Waals surface area contributed by atoms with Crippen molar-refractivity contribution in [2.45, 2.75) is 12.6 Å². The lowest BCUT2D eigenvalue weighted by molar-refractivity contribution is -0.138. The molecule has 0 unspecified atom stereocenters. The molecule has 0 bridgehead atoms. The van der Waals surface area contributed by atoms with E-state index in [1.54, 1.807) is 18.2 Å². The molecule has 3 aromatic rings. The van der Waals surface area contributed by atoms with Crippen molar-refractivity contribution in [3.63, 3.8) is 0 Å². The molecule has 4 nitrogen and oxygen atoms in total. The summed E-state index contributed by atoms with van der Waals surface area (Å²) in [5, 5.41) is 7.82. The van der Waals surface area contributed by atoms with Gasteiger partial charge in [0.15, 0.2) is 11.9 Å². The topological polar surface area (TPSA) is 47.3 Å². The molecule has 0 saturated carbocycles. The molecule has 112 valence electrons. The van der Waals surface area contributed by atoms with Gasteiger partial charge in [0, 0.05) is 18.2 Å². The van der Waals surface area contributed by atoms with E-state index < -0.39 is 11.7 Å². The summed E-state index contributed by atoms with van der Waals surface area (Å²) < 4.78 is 40.6. The Kier molecular flexibility index (Phi) is 3.40. The highest BCUT2D eigenvalue weighted by Gasteiger charge is 2.33. The first kappa shape index (κ1) is 14.2. The number of aldehydes is 1. The standard InChI is InChI=1S/C15H10F3N3O/c16-15(17,18)12-4-2-1-3-11(12)7-14-20-19-13-6-5-10(9-22)8-21(13)14/h1-6,8-9H,7H2. The minimum Gasteiger partial charge on any atom is -0.298 e. The number of carbonyl (C=O) groups excluding carboxylic acids is 1. The monoisotopic (exact) mass is 305 g/mol. The third kappa shape index (κ3) is 2.57. The largest absolute Gasteiger partial charge is 0.416 e. The van der Waals surface area contributed by atoms with Crippen molar-refractivity contribution in [3.05, 3.63) is 65.1 Å². The molecule has 0 aliphatic rings. The van der Waals surface area contributed by atoms with Crippen molar-refractivity contribution in [2.75, 3.05) is 0 Å². The van der Waals surface area contributed by atoms with E-state index >= 15 is 0 Å². The number of carbonyl (C=O) groups is 1. The number of hydrogen-bond acceptors (Lipinski definition) is 3. The van der Waals surface area contributed by atoms with Gasteiger partial charge in [0.05, 0.1) is 5.56 Å². The number of nitrogens with zero attached hydrogens (tertiary/aromatic N) is 3. The van der Waals surface area contributed by atoms with Crippen molar-refractivity contribution < 1.29 is 18.0 Å². The fourth-order valence-electron chi connectivity index (χ4n) is 2.27. The Morgan fingerprint density at radius 3 is 2.59 bits per heavy atom. The second-order valence-corrected chi connectivity index (χ2v) is 4.76. The van der Waals surface area contributed by atoms with E-state index in [-0.39, 0.29) is 12.0 Å². The van der Waals surface area contributed by atoms with Gasteiger partial charge in [0.1, 0.15) is 5.82 Å². The van der Waals surface area contributed by atoms with Crippen LogP contribution in [-0.2, 0) is 12.6 Å². The van der Waals surface area contributed by atoms with Gasteiger partial charge in [-0.1, -0.05) is 18.2 Å². The van der Waals surface area contributed by atoms with E-state index in [9.17, 15) is 18.0 Å². The molecule has 0 atom stereocenters. The molecule has 2 heterocycles. The van der Waals surface area contributed by atoms with Crippen molar-refractivity contribution in [1.82, 2.24) is 14.6 Å². The van der Waals surface area contributed by atoms with E-state index in [2.05, 4.69) is 10.2 Å². The molecule has 1 aromatic carbocycles. The molecular formula is C15H10F3N3O. The van der Waals surface area contributed by atoms with Crippen molar-refractivity contribution in [1.29, 1.82) is 0 Å². The van der Waals surface area contributed by atoms with Crippen LogP contribution in [0.1, 0.15) is 27.3 Å². The summed E-state index contributed by atoms with van der Waals surface area (Å²) in [6, 6.07) is 8.51. The summed E-state index contributed by atoms with van der Waals surface area (Å²) in [7, 11) is 0. The minimum absolute atomic E-state index is 0.0286. The molecule has 0 saturated heterocycles. The van der Waals surface area contributed by atoms with E-state index in [0.717, 1.165) is 6.07 Å². The van der Waals surface area contributed by atoms with Crippen LogP contribution in [0.2, 0.25) is 0 Å². The lowest BCUT2D eigenvalue weighted by Gasteiger charge is -2.11. The summed E-state index contributed by atoms with van der Waals surface area (Å²) in [4.78, 5) is 10.8. The molecular weight excluding hydrogens is 295 g/mol. The molecule has 2 aromatic heterocycles. The highest BCUT2D eigenvalue weighted by Crippen LogP contribution is 2.32. The fourth-order valence-corrected chi connectivity index (χ4v) is 2.27. The van der Waals surface area contributed by atoms with Crippen LogP contribution in [0.4, 0.5) is 13.2 Å². The summed E-state index contributed by atoms with van der Waals surface area (Å²) in [6.07, 6.45) is -2.29. The Hall–Kier alpha value is -2.70. The Morgan fingerprint density at radius 2 is 1.86 bits per heavy atom. The Labute approximate surface area is 123 Å². The Bertz CT molecular complexity index is 839. The van der Waals surface area contributed by atoms with E-state index in [0.29, 0.717) is 23.3 Å². The van der Waals surface area contributed by atoms with Crippen molar-refractivity contribution in [2.24, 2.45) is 0 Å². The summed E-state index contributed by atoms with van der Waals surface area (Å²) in [6.45, 7) is 0. The first-order valence-electron chi connectivity index (χ1n) is 6.43. The third-order valence-electron chi connectivity index (χ3n) is 3.30. The number of fused-ring (bicyclic) bond motifs is 1. The Morgan fingerprint density at radius 1 is 1.09 bits per heavy atom. The number of pyridine rings is 1. The van der Waals surface area contributed by atoms with Crippen LogP contribution in [0.5, 0.6) is 0 Å². The molecule has 0 aliphatic heterocycles.